The summed E-state index contributed by atoms with van der Waals surface area (Å²) in [5, 5.41) is 9.14. The molecular weight excluding hydrogens is 719 g/mol. The molecule has 12 aromatic rings. The van der Waals surface area contributed by atoms with Gasteiger partial charge in [0.15, 0.2) is 0 Å². The second-order valence-corrected chi connectivity index (χ2v) is 15.2. The van der Waals surface area contributed by atoms with Crippen LogP contribution in [0.5, 0.6) is 0 Å². The van der Waals surface area contributed by atoms with Crippen molar-refractivity contribution in [3.8, 4) is 33.4 Å². The molecule has 0 N–H and O–H groups in total. The quantitative estimate of drug-likeness (QED) is 0.169. The van der Waals surface area contributed by atoms with Gasteiger partial charge >= 0.3 is 0 Å². The summed E-state index contributed by atoms with van der Waals surface area (Å²) in [5.41, 5.74) is 13.4. The third kappa shape index (κ3) is 5.36. The predicted octanol–water partition coefficient (Wildman–Crippen LogP) is 16.3. The molecule has 0 spiro atoms. The topological polar surface area (TPSA) is 29.5 Å². The van der Waals surface area contributed by atoms with Gasteiger partial charge in [-0.1, -0.05) is 164 Å². The fourth-order valence-electron chi connectivity index (χ4n) is 9.13. The van der Waals surface area contributed by atoms with Crippen LogP contribution in [0.15, 0.2) is 221 Å². The molecule has 0 aliphatic rings. The van der Waals surface area contributed by atoms with Gasteiger partial charge in [-0.3, -0.25) is 0 Å². The zero-order valence-corrected chi connectivity index (χ0v) is 32.0. The molecule has 276 valence electrons. The molecule has 0 aliphatic heterocycles. The maximum absolute atomic E-state index is 7.04. The van der Waals surface area contributed by atoms with Crippen LogP contribution < -0.4 is 4.90 Å². The van der Waals surface area contributed by atoms with E-state index in [9.17, 15) is 0 Å². The van der Waals surface area contributed by atoms with Gasteiger partial charge in [-0.2, -0.15) is 0 Å². The smallest absolute Gasteiger partial charge is 0.143 e. The molecule has 0 aliphatic carbocycles. The van der Waals surface area contributed by atoms with Crippen LogP contribution in [0.1, 0.15) is 0 Å². The van der Waals surface area contributed by atoms with Gasteiger partial charge in [-0.15, -0.1) is 0 Å². The van der Waals surface area contributed by atoms with Crippen molar-refractivity contribution in [1.29, 1.82) is 0 Å². The van der Waals surface area contributed by atoms with Crippen LogP contribution in [0.4, 0.5) is 17.1 Å². The summed E-state index contributed by atoms with van der Waals surface area (Å²) in [6.07, 6.45) is 0. The Morgan fingerprint density at radius 1 is 0.322 bits per heavy atom. The van der Waals surface area contributed by atoms with Gasteiger partial charge in [-0.25, -0.2) is 0 Å². The zero-order valence-electron chi connectivity index (χ0n) is 32.0. The van der Waals surface area contributed by atoms with Crippen molar-refractivity contribution in [3.63, 3.8) is 0 Å². The lowest BCUT2D eigenvalue weighted by molar-refractivity contribution is 0.670. The summed E-state index contributed by atoms with van der Waals surface area (Å²) in [7, 11) is 0. The first-order valence-corrected chi connectivity index (χ1v) is 20.1. The molecule has 0 fully saturated rings. The minimum absolute atomic E-state index is 0.841. The number of benzene rings is 10. The van der Waals surface area contributed by atoms with Gasteiger partial charge in [0.2, 0.25) is 0 Å². The lowest BCUT2D eigenvalue weighted by Gasteiger charge is -2.26. The van der Waals surface area contributed by atoms with Gasteiger partial charge in [-0.05, 0) is 92.3 Å². The predicted molar refractivity (Wildman–Crippen MR) is 247 cm³/mol. The van der Waals surface area contributed by atoms with E-state index in [2.05, 4.69) is 205 Å². The largest absolute Gasteiger partial charge is 0.455 e. The number of rotatable bonds is 6. The molecule has 2 heterocycles. The van der Waals surface area contributed by atoms with E-state index in [0.29, 0.717) is 0 Å². The zero-order chi connectivity index (χ0) is 38.9. The Morgan fingerprint density at radius 2 is 0.881 bits per heavy atom. The van der Waals surface area contributed by atoms with Crippen molar-refractivity contribution in [3.05, 3.63) is 212 Å². The van der Waals surface area contributed by atoms with Crippen LogP contribution in [0.2, 0.25) is 0 Å². The Labute approximate surface area is 340 Å². The van der Waals surface area contributed by atoms with E-state index in [1.54, 1.807) is 0 Å². The third-order valence-corrected chi connectivity index (χ3v) is 11.9. The monoisotopic (exact) mass is 753 g/mol. The maximum atomic E-state index is 7.04. The highest BCUT2D eigenvalue weighted by molar-refractivity contribution is 6.23. The minimum Gasteiger partial charge on any atom is -0.455 e. The second kappa shape index (κ2) is 13.4. The second-order valence-electron chi connectivity index (χ2n) is 15.2. The maximum Gasteiger partial charge on any atom is 0.143 e. The van der Waals surface area contributed by atoms with Crippen molar-refractivity contribution >= 4 is 82.5 Å². The summed E-state index contributed by atoms with van der Waals surface area (Å²) in [4.78, 5) is 2.37. The van der Waals surface area contributed by atoms with E-state index in [0.717, 1.165) is 83.2 Å². The van der Waals surface area contributed by atoms with Crippen molar-refractivity contribution in [2.24, 2.45) is 0 Å². The van der Waals surface area contributed by atoms with Gasteiger partial charge in [0.1, 0.15) is 22.3 Å². The summed E-state index contributed by atoms with van der Waals surface area (Å²) < 4.78 is 13.5. The molecule has 0 bridgehead atoms. The molecule has 0 amide bonds. The van der Waals surface area contributed by atoms with E-state index in [-0.39, 0.29) is 0 Å². The minimum atomic E-state index is 0.841. The SMILES string of the molecule is c1ccc(-c2ccc(N(c3ccc(-c4cccc5c4oc4ccccc45)cc3)c3cccc4oc5c(-c6cccc7ccccc67)c6ccccc6cc5c34)cc2)cc1. The van der Waals surface area contributed by atoms with E-state index in [4.69, 9.17) is 8.83 Å². The molecule has 3 heteroatoms. The van der Waals surface area contributed by atoms with Crippen molar-refractivity contribution in [2.75, 3.05) is 4.90 Å². The van der Waals surface area contributed by atoms with Gasteiger partial charge in [0.05, 0.1) is 11.1 Å². The molecule has 0 saturated heterocycles. The molecule has 59 heavy (non-hydrogen) atoms. The standard InChI is InChI=1S/C56H35NO2/c1-2-13-36(14-3-1)37-27-31-41(32-28-37)57(42-33-29-39(30-34-42)45-21-11-23-48-46-20-8-9-25-51(46)58-55(45)48)50-24-12-26-52-54(50)49-35-40-16-5-7-19-44(40)53(56(49)59-52)47-22-10-17-38-15-4-6-18-43(38)47/h1-35H. The van der Waals surface area contributed by atoms with Gasteiger partial charge in [0.25, 0.3) is 0 Å². The molecule has 12 rings (SSSR count). The molecule has 0 unspecified atom stereocenters. The van der Waals surface area contributed by atoms with Crippen LogP contribution in [0.25, 0.3) is 98.8 Å². The van der Waals surface area contributed by atoms with E-state index in [1.807, 2.05) is 12.1 Å². The number of nitrogens with zero attached hydrogens (tertiary/aromatic N) is 1. The number of fused-ring (bicyclic) bond motifs is 8. The molecular formula is C56H35NO2. The number of furan rings is 2. The summed E-state index contributed by atoms with van der Waals surface area (Å²) in [5.74, 6) is 0. The highest BCUT2D eigenvalue weighted by atomic mass is 16.3. The van der Waals surface area contributed by atoms with Crippen LogP contribution in [0.3, 0.4) is 0 Å². The third-order valence-electron chi connectivity index (χ3n) is 11.9. The first-order valence-electron chi connectivity index (χ1n) is 20.1. The molecule has 0 saturated carbocycles. The van der Waals surface area contributed by atoms with E-state index in [1.165, 1.54) is 32.7 Å². The molecule has 10 aromatic carbocycles. The van der Waals surface area contributed by atoms with Crippen LogP contribution in [-0.2, 0) is 0 Å². The Hall–Kier alpha value is -7.88. The summed E-state index contributed by atoms with van der Waals surface area (Å²) in [6.45, 7) is 0. The Kier molecular flexibility index (Phi) is 7.54. The average molecular weight is 754 g/mol. The van der Waals surface area contributed by atoms with Crippen LogP contribution >= 0.6 is 0 Å². The van der Waals surface area contributed by atoms with Crippen molar-refractivity contribution < 1.29 is 8.83 Å². The molecule has 3 nitrogen and oxygen atoms in total. The Bertz CT molecular complexity index is 3540. The van der Waals surface area contributed by atoms with Crippen LogP contribution in [-0.4, -0.2) is 0 Å². The summed E-state index contributed by atoms with van der Waals surface area (Å²) >= 11 is 0. The van der Waals surface area contributed by atoms with E-state index < -0.39 is 0 Å². The summed E-state index contributed by atoms with van der Waals surface area (Å²) in [6, 6.07) is 75.6. The van der Waals surface area contributed by atoms with Crippen molar-refractivity contribution in [2.45, 2.75) is 0 Å². The fraction of sp³-hybridized carbons (Fsp3) is 0. The first kappa shape index (κ1) is 33.3. The van der Waals surface area contributed by atoms with Gasteiger partial charge in [0, 0.05) is 38.7 Å². The average Bonchev–Trinajstić information content (AvgIpc) is 3.88. The lowest BCUT2D eigenvalue weighted by atomic mass is 9.92. The molecule has 2 aromatic heterocycles. The first-order chi connectivity index (χ1) is 29.3. The number of hydrogen-bond acceptors (Lipinski definition) is 3. The van der Waals surface area contributed by atoms with Crippen molar-refractivity contribution in [1.82, 2.24) is 0 Å². The number of anilines is 3. The normalized spacial score (nSPS) is 11.7. The van der Waals surface area contributed by atoms with Gasteiger partial charge < -0.3 is 13.7 Å². The fourth-order valence-corrected chi connectivity index (χ4v) is 9.13. The highest BCUT2D eigenvalue weighted by Crippen LogP contribution is 2.48. The Balaban J connectivity index is 1.08. The van der Waals surface area contributed by atoms with E-state index >= 15 is 0 Å². The Morgan fingerprint density at radius 3 is 1.69 bits per heavy atom. The highest BCUT2D eigenvalue weighted by Gasteiger charge is 2.23. The molecule has 0 radical (unpaired) electrons. The molecule has 0 atom stereocenters. The number of para-hydroxylation sites is 2. The van der Waals surface area contributed by atoms with Crippen LogP contribution in [0, 0.1) is 0 Å². The lowest BCUT2D eigenvalue weighted by Crippen LogP contribution is -2.10. The number of hydrogen-bond donors (Lipinski definition) is 0.